The maximum Gasteiger partial charge on any atom is 0.329 e. The Morgan fingerprint density at radius 2 is 1.93 bits per heavy atom. The largest absolute Gasteiger partial charge is 0.465 e. The van der Waals surface area contributed by atoms with Gasteiger partial charge in [0.1, 0.15) is 5.25 Å². The maximum absolute atomic E-state index is 12.3. The van der Waals surface area contributed by atoms with Crippen LogP contribution in [0.3, 0.4) is 0 Å². The predicted molar refractivity (Wildman–Crippen MR) is 108 cm³/mol. The minimum atomic E-state index is -0.508. The summed E-state index contributed by atoms with van der Waals surface area (Å²) in [7, 11) is 1.56. The van der Waals surface area contributed by atoms with Gasteiger partial charge in [-0.1, -0.05) is 45.9 Å². The number of rotatable bonds is 8. The second-order valence-electron chi connectivity index (χ2n) is 5.66. The molecule has 0 aliphatic rings. The molecule has 1 unspecified atom stereocenters. The van der Waals surface area contributed by atoms with E-state index in [2.05, 4.69) is 16.9 Å². The molecule has 1 atom stereocenters. The van der Waals surface area contributed by atoms with Crippen molar-refractivity contribution in [2.45, 2.75) is 70.8 Å². The van der Waals surface area contributed by atoms with Crippen LogP contribution in [0.15, 0.2) is 14.7 Å². The van der Waals surface area contributed by atoms with Crippen molar-refractivity contribution in [2.75, 3.05) is 6.61 Å². The molecule has 0 saturated carbocycles. The lowest BCUT2D eigenvalue weighted by atomic mass is 10.3. The van der Waals surface area contributed by atoms with Gasteiger partial charge in [-0.05, 0) is 19.8 Å². The molecule has 0 saturated heterocycles. The van der Waals surface area contributed by atoms with Crippen LogP contribution in [-0.2, 0) is 23.1 Å². The fourth-order valence-corrected chi connectivity index (χ4v) is 3.52. The van der Waals surface area contributed by atoms with Crippen LogP contribution in [-0.4, -0.2) is 36.9 Å². The molecule has 2 heterocycles. The number of carbonyl (C=O) groups excluding carboxylic acids is 1. The summed E-state index contributed by atoms with van der Waals surface area (Å²) in [5.41, 5.74) is -0.285. The lowest BCUT2D eigenvalue weighted by Crippen LogP contribution is -2.29. The normalized spacial score (nSPS) is 11.8. The first-order chi connectivity index (χ1) is 12.9. The Morgan fingerprint density at radius 1 is 1.26 bits per heavy atom. The molecule has 27 heavy (non-hydrogen) atoms. The highest BCUT2D eigenvalue weighted by atomic mass is 32.2. The van der Waals surface area contributed by atoms with Crippen LogP contribution in [0.2, 0.25) is 0 Å². The zero-order valence-electron chi connectivity index (χ0n) is 17.0. The van der Waals surface area contributed by atoms with E-state index in [4.69, 9.17) is 4.74 Å². The Kier molecular flexibility index (Phi) is 9.34. The van der Waals surface area contributed by atoms with Gasteiger partial charge in [-0.2, -0.15) is 0 Å². The average molecular weight is 399 g/mol. The number of H-pyrrole nitrogens is 1. The Bertz CT molecular complexity index is 869. The van der Waals surface area contributed by atoms with Crippen molar-refractivity contribution in [3.63, 3.8) is 0 Å². The van der Waals surface area contributed by atoms with E-state index in [1.165, 1.54) is 16.3 Å². The van der Waals surface area contributed by atoms with E-state index in [0.717, 1.165) is 12.8 Å². The van der Waals surface area contributed by atoms with Crippen LogP contribution in [0.4, 0.5) is 0 Å². The minimum Gasteiger partial charge on any atom is -0.465 e. The van der Waals surface area contributed by atoms with E-state index in [1.54, 1.807) is 18.5 Å². The molecule has 8 nitrogen and oxygen atoms in total. The number of ether oxygens (including phenoxy) is 1. The summed E-state index contributed by atoms with van der Waals surface area (Å²) in [5, 5.41) is 0.142. The van der Waals surface area contributed by atoms with E-state index in [9.17, 15) is 14.4 Å². The van der Waals surface area contributed by atoms with Crippen LogP contribution < -0.4 is 11.2 Å². The lowest BCUT2D eigenvalue weighted by Gasteiger charge is -2.14. The first kappa shape index (κ1) is 23.0. The molecule has 0 aliphatic carbocycles. The molecule has 152 valence electrons. The second kappa shape index (κ2) is 11.0. The molecule has 0 amide bonds. The van der Waals surface area contributed by atoms with Crippen LogP contribution in [0.5, 0.6) is 0 Å². The highest BCUT2D eigenvalue weighted by molar-refractivity contribution is 8.00. The number of nitrogens with zero attached hydrogens (tertiary/aromatic N) is 3. The summed E-state index contributed by atoms with van der Waals surface area (Å²) in [6, 6.07) is 0. The number of fused-ring (bicyclic) bond motifs is 1. The third kappa shape index (κ3) is 5.24. The zero-order chi connectivity index (χ0) is 20.6. The summed E-state index contributed by atoms with van der Waals surface area (Å²) in [4.78, 5) is 43.0. The third-order valence-corrected chi connectivity index (χ3v) is 5.21. The van der Waals surface area contributed by atoms with Crippen LogP contribution in [0.1, 0.15) is 53.9 Å². The number of imidazole rings is 1. The van der Waals surface area contributed by atoms with E-state index < -0.39 is 16.5 Å². The molecule has 2 aromatic heterocycles. The number of aromatic nitrogens is 4. The molecular formula is C18H30N4O4S. The maximum atomic E-state index is 12.3. The van der Waals surface area contributed by atoms with E-state index >= 15 is 0 Å². The topological polar surface area (TPSA) is 99.0 Å². The average Bonchev–Trinajstić information content (AvgIpc) is 3.03. The summed E-state index contributed by atoms with van der Waals surface area (Å²) in [6.45, 7) is 10.6. The van der Waals surface area contributed by atoms with Crippen LogP contribution >= 0.6 is 11.8 Å². The predicted octanol–water partition coefficient (Wildman–Crippen LogP) is 2.68. The fraction of sp³-hybridized carbons (Fsp3) is 0.667. The van der Waals surface area contributed by atoms with Crippen LogP contribution in [0.25, 0.3) is 11.2 Å². The number of hydrogen-bond donors (Lipinski definition) is 1. The number of aryl methyl sites for hydroxylation is 2. The van der Waals surface area contributed by atoms with Gasteiger partial charge in [0.05, 0.1) is 6.61 Å². The van der Waals surface area contributed by atoms with Crippen molar-refractivity contribution in [1.29, 1.82) is 0 Å². The third-order valence-electron chi connectivity index (χ3n) is 3.88. The van der Waals surface area contributed by atoms with Gasteiger partial charge in [0.2, 0.25) is 0 Å². The van der Waals surface area contributed by atoms with Gasteiger partial charge in [0, 0.05) is 13.6 Å². The molecule has 2 aromatic rings. The van der Waals surface area contributed by atoms with E-state index in [0.29, 0.717) is 35.9 Å². The number of unbranched alkanes of at least 4 members (excludes halogenated alkanes) is 1. The van der Waals surface area contributed by atoms with Crippen molar-refractivity contribution < 1.29 is 9.53 Å². The van der Waals surface area contributed by atoms with E-state index in [-0.39, 0.29) is 5.97 Å². The second-order valence-corrected chi connectivity index (χ2v) is 6.83. The summed E-state index contributed by atoms with van der Waals surface area (Å²) in [6.07, 6.45) is 2.38. The van der Waals surface area contributed by atoms with Gasteiger partial charge in [-0.3, -0.25) is 19.1 Å². The molecule has 0 spiro atoms. The summed E-state index contributed by atoms with van der Waals surface area (Å²) >= 11 is 1.27. The van der Waals surface area contributed by atoms with Gasteiger partial charge in [0.15, 0.2) is 16.3 Å². The Hall–Kier alpha value is -2.03. The molecule has 0 radical (unpaired) electrons. The number of thioether (sulfide) groups is 1. The number of carbonyl (C=O) groups is 1. The highest BCUT2D eigenvalue weighted by Crippen LogP contribution is 2.28. The number of aromatic amines is 1. The molecule has 9 heteroatoms. The Balaban J connectivity index is 0.00000176. The van der Waals surface area contributed by atoms with E-state index in [1.807, 2.05) is 20.8 Å². The van der Waals surface area contributed by atoms with Crippen molar-refractivity contribution in [3.05, 3.63) is 20.8 Å². The molecule has 0 bridgehead atoms. The van der Waals surface area contributed by atoms with Crippen molar-refractivity contribution >= 4 is 28.9 Å². The number of esters is 1. The zero-order valence-corrected chi connectivity index (χ0v) is 17.8. The summed E-state index contributed by atoms with van der Waals surface area (Å²) < 4.78 is 8.22. The minimum absolute atomic E-state index is 0.299. The quantitative estimate of drug-likeness (QED) is 0.542. The molecular weight excluding hydrogens is 368 g/mol. The molecule has 1 N–H and O–H groups in total. The monoisotopic (exact) mass is 398 g/mol. The van der Waals surface area contributed by atoms with Gasteiger partial charge in [-0.25, -0.2) is 9.78 Å². The number of hydrogen-bond acceptors (Lipinski definition) is 6. The molecule has 0 aliphatic heterocycles. The van der Waals surface area contributed by atoms with Gasteiger partial charge < -0.3 is 9.30 Å². The van der Waals surface area contributed by atoms with Crippen molar-refractivity contribution in [3.8, 4) is 0 Å². The standard InChI is InChI=1S/C16H24N4O4S.C2H6/c1-5-8-9-20-11-12(19(4)15(23)18-13(11)21)17-16(20)25-10(6-2)14(22)24-7-3;1-2/h10H,5-9H2,1-4H3,(H,18,21,23);1-2H3. The molecule has 0 fully saturated rings. The fourth-order valence-electron chi connectivity index (χ4n) is 2.49. The van der Waals surface area contributed by atoms with Crippen LogP contribution in [0, 0.1) is 0 Å². The van der Waals surface area contributed by atoms with Gasteiger partial charge >= 0.3 is 11.7 Å². The molecule has 0 aromatic carbocycles. The van der Waals surface area contributed by atoms with Gasteiger partial charge in [-0.15, -0.1) is 0 Å². The van der Waals surface area contributed by atoms with Gasteiger partial charge in [0.25, 0.3) is 5.56 Å². The first-order valence-electron chi connectivity index (χ1n) is 9.47. The first-order valence-corrected chi connectivity index (χ1v) is 10.3. The Labute approximate surface area is 163 Å². The smallest absolute Gasteiger partial charge is 0.329 e. The molecule has 2 rings (SSSR count). The Morgan fingerprint density at radius 3 is 2.48 bits per heavy atom. The summed E-state index contributed by atoms with van der Waals surface area (Å²) in [5.74, 6) is -0.299. The van der Waals surface area contributed by atoms with Crippen molar-refractivity contribution in [1.82, 2.24) is 19.1 Å². The van der Waals surface area contributed by atoms with Crippen molar-refractivity contribution in [2.24, 2.45) is 7.05 Å². The SMILES string of the molecule is CC.CCCCn1c(SC(CC)C(=O)OCC)nc2c1c(=O)[nH]c(=O)n2C. The highest BCUT2D eigenvalue weighted by Gasteiger charge is 2.24. The lowest BCUT2D eigenvalue weighted by molar-refractivity contribution is -0.142. The number of nitrogens with one attached hydrogen (secondary N) is 1.